The fourth-order valence-corrected chi connectivity index (χ4v) is 0.587. The van der Waals surface area contributed by atoms with Crippen molar-refractivity contribution in [2.24, 2.45) is 0 Å². The number of methoxy groups -OCH3 is 1. The molecule has 0 saturated carbocycles. The highest BCUT2D eigenvalue weighted by atomic mass is 16.6. The quantitative estimate of drug-likeness (QED) is 0.322. The van der Waals surface area contributed by atoms with Crippen molar-refractivity contribution in [1.82, 2.24) is 0 Å². The van der Waals surface area contributed by atoms with Crippen LogP contribution in [0, 0.1) is 0 Å². The topological polar surface area (TPSA) is 79.0 Å². The second kappa shape index (κ2) is 2.26. The molecule has 10 heavy (non-hydrogen) atoms. The van der Waals surface area contributed by atoms with Crippen molar-refractivity contribution in [3.63, 3.8) is 0 Å². The lowest BCUT2D eigenvalue weighted by Gasteiger charge is -1.93. The largest absolute Gasteiger partial charge is 0.547 e. The molecule has 1 aliphatic rings. The van der Waals surface area contributed by atoms with Gasteiger partial charge >= 0.3 is 5.97 Å². The van der Waals surface area contributed by atoms with Crippen molar-refractivity contribution in [1.29, 1.82) is 0 Å². The van der Waals surface area contributed by atoms with Crippen LogP contribution in [0.15, 0.2) is 0 Å². The normalized spacial score (nSPS) is 29.3. The maximum Gasteiger partial charge on any atom is 0.338 e. The van der Waals surface area contributed by atoms with Gasteiger partial charge in [0.1, 0.15) is 6.10 Å². The Bertz CT molecular complexity index is 175. The molecule has 0 bridgehead atoms. The first kappa shape index (κ1) is 7.01. The van der Waals surface area contributed by atoms with Gasteiger partial charge in [-0.2, -0.15) is 0 Å². The van der Waals surface area contributed by atoms with Crippen LogP contribution < -0.4 is 5.11 Å². The van der Waals surface area contributed by atoms with Gasteiger partial charge in [-0.1, -0.05) is 0 Å². The lowest BCUT2D eigenvalue weighted by molar-refractivity contribution is -0.307. The molecule has 5 nitrogen and oxygen atoms in total. The van der Waals surface area contributed by atoms with Crippen LogP contribution in [0.4, 0.5) is 0 Å². The minimum absolute atomic E-state index is 0.672. The molecule has 2 atom stereocenters. The van der Waals surface area contributed by atoms with Crippen LogP contribution in [-0.4, -0.2) is 31.3 Å². The Balaban J connectivity index is 2.38. The van der Waals surface area contributed by atoms with E-state index in [1.165, 1.54) is 0 Å². The first-order valence-electron chi connectivity index (χ1n) is 2.61. The summed E-state index contributed by atoms with van der Waals surface area (Å²) in [5.74, 6) is -2.05. The Labute approximate surface area is 56.5 Å². The number of hydrogen-bond acceptors (Lipinski definition) is 5. The molecular weight excluding hydrogens is 140 g/mol. The lowest BCUT2D eigenvalue weighted by Crippen LogP contribution is -2.31. The van der Waals surface area contributed by atoms with Gasteiger partial charge in [0.15, 0.2) is 6.10 Å². The van der Waals surface area contributed by atoms with Gasteiger partial charge in [-0.3, -0.25) is 0 Å². The summed E-state index contributed by atoms with van der Waals surface area (Å²) in [5.41, 5.74) is 0. The number of rotatable bonds is 2. The maximum atomic E-state index is 10.5. The van der Waals surface area contributed by atoms with Crippen LogP contribution in [0.2, 0.25) is 0 Å². The molecule has 0 spiro atoms. The SMILES string of the molecule is COC(=O)C1OC1C(=O)[O-]. The molecule has 0 amide bonds. The molecule has 1 heterocycles. The number of esters is 1. The number of carbonyl (C=O) groups is 2. The Morgan fingerprint density at radius 2 is 2.10 bits per heavy atom. The zero-order chi connectivity index (χ0) is 7.72. The Hall–Kier alpha value is -1.10. The summed E-state index contributed by atoms with van der Waals surface area (Å²) in [6.45, 7) is 0. The van der Waals surface area contributed by atoms with Gasteiger partial charge < -0.3 is 19.4 Å². The molecule has 1 saturated heterocycles. The predicted octanol–water partition coefficient (Wildman–Crippen LogP) is -2.32. The van der Waals surface area contributed by atoms with E-state index in [1.807, 2.05) is 0 Å². The minimum Gasteiger partial charge on any atom is -0.547 e. The van der Waals surface area contributed by atoms with Crippen LogP contribution >= 0.6 is 0 Å². The molecule has 0 aliphatic carbocycles. The third kappa shape index (κ3) is 1.08. The second-order valence-corrected chi connectivity index (χ2v) is 1.82. The smallest absolute Gasteiger partial charge is 0.338 e. The summed E-state index contributed by atoms with van der Waals surface area (Å²) in [7, 11) is 1.16. The standard InChI is InChI=1S/C5H6O5/c1-9-5(8)3-2(10-3)4(6)7/h2-3H,1H3,(H,6,7)/p-1. The number of carboxylic acids is 1. The highest BCUT2D eigenvalue weighted by Gasteiger charge is 2.47. The summed E-state index contributed by atoms with van der Waals surface area (Å²) in [4.78, 5) is 20.4. The van der Waals surface area contributed by atoms with Crippen molar-refractivity contribution < 1.29 is 24.2 Å². The first-order valence-corrected chi connectivity index (χ1v) is 2.61. The molecule has 1 aliphatic heterocycles. The summed E-state index contributed by atoms with van der Waals surface area (Å²) >= 11 is 0. The molecule has 56 valence electrons. The molecule has 0 aromatic rings. The van der Waals surface area contributed by atoms with Crippen LogP contribution in [0.5, 0.6) is 0 Å². The van der Waals surface area contributed by atoms with Gasteiger partial charge in [0, 0.05) is 0 Å². The van der Waals surface area contributed by atoms with Crippen molar-refractivity contribution in [2.45, 2.75) is 12.2 Å². The third-order valence-electron chi connectivity index (χ3n) is 1.16. The molecule has 1 fully saturated rings. The molecular formula is C5H5O5-. The highest BCUT2D eigenvalue weighted by molar-refractivity contribution is 5.87. The number of epoxide rings is 1. The van der Waals surface area contributed by atoms with E-state index >= 15 is 0 Å². The van der Waals surface area contributed by atoms with E-state index in [1.54, 1.807) is 0 Å². The molecule has 2 unspecified atom stereocenters. The maximum absolute atomic E-state index is 10.5. The van der Waals surface area contributed by atoms with Crippen molar-refractivity contribution >= 4 is 11.9 Å². The van der Waals surface area contributed by atoms with E-state index < -0.39 is 24.1 Å². The molecule has 0 aromatic carbocycles. The fourth-order valence-electron chi connectivity index (χ4n) is 0.587. The lowest BCUT2D eigenvalue weighted by atomic mass is 10.3. The first-order chi connectivity index (χ1) is 4.66. The molecule has 0 aromatic heterocycles. The van der Waals surface area contributed by atoms with E-state index in [9.17, 15) is 14.7 Å². The van der Waals surface area contributed by atoms with Gasteiger partial charge in [0.05, 0.1) is 13.1 Å². The number of ether oxygens (including phenoxy) is 2. The van der Waals surface area contributed by atoms with Gasteiger partial charge in [-0.15, -0.1) is 0 Å². The summed E-state index contributed by atoms with van der Waals surface area (Å²) < 4.78 is 8.59. The Kier molecular flexibility index (Phi) is 1.58. The minimum atomic E-state index is -1.38. The Morgan fingerprint density at radius 1 is 1.50 bits per heavy atom. The number of hydrogen-bond donors (Lipinski definition) is 0. The van der Waals surface area contributed by atoms with Crippen LogP contribution in [0.1, 0.15) is 0 Å². The summed E-state index contributed by atoms with van der Waals surface area (Å²) in [5, 5.41) is 9.95. The average molecular weight is 145 g/mol. The van der Waals surface area contributed by atoms with E-state index in [2.05, 4.69) is 9.47 Å². The van der Waals surface area contributed by atoms with Gasteiger partial charge in [-0.05, 0) is 0 Å². The number of carbonyl (C=O) groups excluding carboxylic acids is 2. The van der Waals surface area contributed by atoms with Crippen molar-refractivity contribution in [2.75, 3.05) is 7.11 Å². The number of aliphatic carboxylic acids is 1. The molecule has 0 N–H and O–H groups in total. The van der Waals surface area contributed by atoms with Gasteiger partial charge in [0.25, 0.3) is 0 Å². The van der Waals surface area contributed by atoms with Crippen LogP contribution in [0.3, 0.4) is 0 Å². The average Bonchev–Trinajstić information content (AvgIpc) is 2.64. The van der Waals surface area contributed by atoms with E-state index in [-0.39, 0.29) is 0 Å². The zero-order valence-electron chi connectivity index (χ0n) is 5.20. The summed E-state index contributed by atoms with van der Waals surface area (Å²) in [6, 6.07) is 0. The molecule has 1 rings (SSSR count). The Morgan fingerprint density at radius 3 is 2.40 bits per heavy atom. The van der Waals surface area contributed by atoms with Crippen LogP contribution in [0.25, 0.3) is 0 Å². The van der Waals surface area contributed by atoms with Gasteiger partial charge in [0.2, 0.25) is 0 Å². The second-order valence-electron chi connectivity index (χ2n) is 1.82. The van der Waals surface area contributed by atoms with Gasteiger partial charge in [-0.25, -0.2) is 4.79 Å². The monoisotopic (exact) mass is 145 g/mol. The van der Waals surface area contributed by atoms with Crippen molar-refractivity contribution in [3.05, 3.63) is 0 Å². The fraction of sp³-hybridized carbons (Fsp3) is 0.600. The van der Waals surface area contributed by atoms with E-state index in [4.69, 9.17) is 0 Å². The third-order valence-corrected chi connectivity index (χ3v) is 1.16. The van der Waals surface area contributed by atoms with E-state index in [0.29, 0.717) is 0 Å². The van der Waals surface area contributed by atoms with Crippen LogP contribution in [-0.2, 0) is 19.1 Å². The van der Waals surface area contributed by atoms with Crippen molar-refractivity contribution in [3.8, 4) is 0 Å². The zero-order valence-corrected chi connectivity index (χ0v) is 5.20. The summed E-state index contributed by atoms with van der Waals surface area (Å²) in [6.07, 6.45) is -2.05. The highest BCUT2D eigenvalue weighted by Crippen LogP contribution is 2.21. The molecule has 0 radical (unpaired) electrons. The number of carboxylic acid groups (broad SMARTS) is 1. The molecule has 5 heteroatoms. The van der Waals surface area contributed by atoms with E-state index in [0.717, 1.165) is 7.11 Å². The predicted molar refractivity (Wildman–Crippen MR) is 25.7 cm³/mol.